The van der Waals surface area contributed by atoms with E-state index in [1.807, 2.05) is 40.7 Å². The second-order valence-corrected chi connectivity index (χ2v) is 2.47. The Labute approximate surface area is 101 Å². The lowest BCUT2D eigenvalue weighted by Gasteiger charge is -1.98. The first-order chi connectivity index (χ1) is 7.57. The van der Waals surface area contributed by atoms with Crippen LogP contribution >= 0.6 is 0 Å². The van der Waals surface area contributed by atoms with E-state index in [1.54, 1.807) is 18.2 Å². The zero-order valence-corrected chi connectivity index (χ0v) is 11.4. The quantitative estimate of drug-likeness (QED) is 0.502. The fraction of sp³-hybridized carbons (Fsp3) is 0.333. The summed E-state index contributed by atoms with van der Waals surface area (Å²) in [6, 6.07) is 0. The van der Waals surface area contributed by atoms with Crippen LogP contribution in [0.2, 0.25) is 0 Å². The van der Waals surface area contributed by atoms with E-state index in [2.05, 4.69) is 19.7 Å². The van der Waals surface area contributed by atoms with Crippen LogP contribution in [0.15, 0.2) is 60.9 Å². The number of hydrogen-bond acceptors (Lipinski definition) is 1. The topological polar surface area (TPSA) is 20.2 Å². The fourth-order valence-electron chi connectivity index (χ4n) is 0.665. The third-order valence-corrected chi connectivity index (χ3v) is 1.23. The molecule has 0 rings (SSSR count). The minimum absolute atomic E-state index is 0.0294. The third kappa shape index (κ3) is 15.0. The van der Waals surface area contributed by atoms with Gasteiger partial charge in [-0.1, -0.05) is 71.2 Å². The summed E-state index contributed by atoms with van der Waals surface area (Å²) in [6.45, 7) is 20.5. The molecule has 0 aliphatic carbocycles. The summed E-state index contributed by atoms with van der Waals surface area (Å²) < 4.78 is 0. The minimum atomic E-state index is 0.0294. The van der Waals surface area contributed by atoms with Crippen LogP contribution in [0.5, 0.6) is 0 Å². The molecule has 0 heterocycles. The zero-order chi connectivity index (χ0) is 13.6. The highest BCUT2D eigenvalue weighted by molar-refractivity contribution is 5.40. The van der Waals surface area contributed by atoms with Gasteiger partial charge in [-0.2, -0.15) is 0 Å². The van der Waals surface area contributed by atoms with E-state index in [0.29, 0.717) is 0 Å². The molecule has 0 atom stereocenters. The van der Waals surface area contributed by atoms with Crippen molar-refractivity contribution < 1.29 is 5.11 Å². The van der Waals surface area contributed by atoms with Gasteiger partial charge < -0.3 is 5.11 Å². The van der Waals surface area contributed by atoms with Crippen molar-refractivity contribution in [1.82, 2.24) is 0 Å². The summed E-state index contributed by atoms with van der Waals surface area (Å²) in [5.74, 6) is 0.0294. The lowest BCUT2D eigenvalue weighted by Crippen LogP contribution is -1.80. The summed E-state index contributed by atoms with van der Waals surface area (Å²) in [7, 11) is 0. The molecule has 0 saturated carbocycles. The molecule has 0 aromatic carbocycles. The monoisotopic (exact) mass is 222 g/mol. The van der Waals surface area contributed by atoms with Gasteiger partial charge in [0.05, 0.1) is 0 Å². The number of aliphatic hydroxyl groups excluding tert-OH is 1. The Bertz CT molecular complexity index is 255. The van der Waals surface area contributed by atoms with Gasteiger partial charge in [-0.15, -0.1) is 0 Å². The molecule has 1 nitrogen and oxygen atoms in total. The van der Waals surface area contributed by atoms with Crippen LogP contribution in [0, 0.1) is 0 Å². The van der Waals surface area contributed by atoms with Crippen LogP contribution in [0.1, 0.15) is 34.6 Å². The Kier molecular flexibility index (Phi) is 19.9. The highest BCUT2D eigenvalue weighted by Crippen LogP contribution is 2.10. The molecule has 0 aliphatic heterocycles. The predicted octanol–water partition coefficient (Wildman–Crippen LogP) is 5.36. The van der Waals surface area contributed by atoms with E-state index in [9.17, 15) is 0 Å². The summed E-state index contributed by atoms with van der Waals surface area (Å²) in [6.07, 6.45) is 6.82. The standard InChI is InChI=1S/C11H14O.2C2H6/c1-5-6-7-11(9(2)3)8-10(4)12;2*1-2/h5-8,12H,1-2,4H2,3H3;2*1-2H3/b7-6-,11-8-;;. The van der Waals surface area contributed by atoms with Gasteiger partial charge in [-0.3, -0.25) is 0 Å². The molecule has 0 bridgehead atoms. The van der Waals surface area contributed by atoms with Crippen LogP contribution < -0.4 is 0 Å². The molecule has 1 heteroatoms. The van der Waals surface area contributed by atoms with Gasteiger partial charge in [0.25, 0.3) is 0 Å². The van der Waals surface area contributed by atoms with E-state index in [1.165, 1.54) is 0 Å². The smallest absolute Gasteiger partial charge is 0.109 e. The second kappa shape index (κ2) is 15.9. The molecule has 0 aromatic rings. The van der Waals surface area contributed by atoms with Crippen molar-refractivity contribution in [1.29, 1.82) is 0 Å². The largest absolute Gasteiger partial charge is 0.509 e. The van der Waals surface area contributed by atoms with E-state index in [0.717, 1.165) is 11.1 Å². The van der Waals surface area contributed by atoms with Gasteiger partial charge in [-0.05, 0) is 18.6 Å². The molecular formula is C15H26O. The molecule has 0 unspecified atom stereocenters. The van der Waals surface area contributed by atoms with Gasteiger partial charge in [0.2, 0.25) is 0 Å². The van der Waals surface area contributed by atoms with Crippen molar-refractivity contribution in [3.63, 3.8) is 0 Å². The molecule has 0 aliphatic rings. The predicted molar refractivity (Wildman–Crippen MR) is 76.7 cm³/mol. The van der Waals surface area contributed by atoms with Crippen LogP contribution in [-0.2, 0) is 0 Å². The molecule has 0 saturated heterocycles. The van der Waals surface area contributed by atoms with Gasteiger partial charge in [0.1, 0.15) is 5.76 Å². The first kappa shape index (κ1) is 20.0. The molecule has 92 valence electrons. The number of allylic oxidation sites excluding steroid dienone is 6. The SMILES string of the molecule is C=C/C=C\C(=C\C(=C)O)C(=C)C.CC.CC. The first-order valence-corrected chi connectivity index (χ1v) is 5.62. The third-order valence-electron chi connectivity index (χ3n) is 1.23. The highest BCUT2D eigenvalue weighted by Gasteiger charge is 1.92. The Hall–Kier alpha value is -1.50. The van der Waals surface area contributed by atoms with Gasteiger partial charge >= 0.3 is 0 Å². The van der Waals surface area contributed by atoms with Crippen LogP contribution in [0.4, 0.5) is 0 Å². The average molecular weight is 222 g/mol. The molecule has 1 N–H and O–H groups in total. The molecular weight excluding hydrogens is 196 g/mol. The normalized spacial score (nSPS) is 9.44. The average Bonchev–Trinajstić information content (AvgIpc) is 2.29. The lowest BCUT2D eigenvalue weighted by atomic mass is 10.1. The molecule has 0 spiro atoms. The lowest BCUT2D eigenvalue weighted by molar-refractivity contribution is 0.435. The summed E-state index contributed by atoms with van der Waals surface area (Å²) in [5.41, 5.74) is 1.73. The maximum atomic E-state index is 8.90. The number of aliphatic hydroxyl groups is 1. The highest BCUT2D eigenvalue weighted by atomic mass is 16.3. The van der Waals surface area contributed by atoms with Gasteiger partial charge in [0.15, 0.2) is 0 Å². The van der Waals surface area contributed by atoms with Crippen LogP contribution in [0.25, 0.3) is 0 Å². The fourth-order valence-corrected chi connectivity index (χ4v) is 0.665. The Morgan fingerprint density at radius 2 is 1.50 bits per heavy atom. The molecule has 0 aromatic heterocycles. The van der Waals surface area contributed by atoms with Crippen LogP contribution in [0.3, 0.4) is 0 Å². The van der Waals surface area contributed by atoms with Gasteiger partial charge in [0, 0.05) is 0 Å². The Balaban J connectivity index is -0.000000376. The maximum Gasteiger partial charge on any atom is 0.109 e. The van der Waals surface area contributed by atoms with E-state index in [4.69, 9.17) is 5.11 Å². The summed E-state index contributed by atoms with van der Waals surface area (Å²) in [5, 5.41) is 8.90. The summed E-state index contributed by atoms with van der Waals surface area (Å²) in [4.78, 5) is 0. The maximum absolute atomic E-state index is 8.90. The minimum Gasteiger partial charge on any atom is -0.509 e. The van der Waals surface area contributed by atoms with E-state index < -0.39 is 0 Å². The molecule has 0 amide bonds. The Morgan fingerprint density at radius 3 is 1.75 bits per heavy atom. The van der Waals surface area contributed by atoms with Crippen molar-refractivity contribution >= 4 is 0 Å². The van der Waals surface area contributed by atoms with Crippen molar-refractivity contribution in [2.24, 2.45) is 0 Å². The van der Waals surface area contributed by atoms with Crippen molar-refractivity contribution in [2.45, 2.75) is 34.6 Å². The zero-order valence-electron chi connectivity index (χ0n) is 11.4. The first-order valence-electron chi connectivity index (χ1n) is 5.62. The Morgan fingerprint density at radius 1 is 1.06 bits per heavy atom. The summed E-state index contributed by atoms with van der Waals surface area (Å²) >= 11 is 0. The second-order valence-electron chi connectivity index (χ2n) is 2.47. The van der Waals surface area contributed by atoms with Crippen molar-refractivity contribution in [2.75, 3.05) is 0 Å². The number of rotatable bonds is 4. The molecule has 0 fully saturated rings. The molecule has 16 heavy (non-hydrogen) atoms. The molecule has 0 radical (unpaired) electrons. The van der Waals surface area contributed by atoms with E-state index >= 15 is 0 Å². The van der Waals surface area contributed by atoms with Gasteiger partial charge in [-0.25, -0.2) is 0 Å². The van der Waals surface area contributed by atoms with Crippen molar-refractivity contribution in [3.05, 3.63) is 60.9 Å². The van der Waals surface area contributed by atoms with Crippen LogP contribution in [-0.4, -0.2) is 5.11 Å². The van der Waals surface area contributed by atoms with E-state index in [-0.39, 0.29) is 5.76 Å². The van der Waals surface area contributed by atoms with Crippen molar-refractivity contribution in [3.8, 4) is 0 Å². The number of hydrogen-bond donors (Lipinski definition) is 1.